The van der Waals surface area contributed by atoms with Crippen molar-refractivity contribution in [2.75, 3.05) is 0 Å². The third-order valence-electron chi connectivity index (χ3n) is 1.00. The molecule has 0 aliphatic carbocycles. The van der Waals surface area contributed by atoms with Gasteiger partial charge < -0.3 is 29.4 Å². The van der Waals surface area contributed by atoms with Gasteiger partial charge in [0.2, 0.25) is 7.45 Å². The number of nitrogens with one attached hydrogen (secondary N) is 1. The summed E-state index contributed by atoms with van der Waals surface area (Å²) in [6, 6.07) is 0. The van der Waals surface area contributed by atoms with Crippen molar-refractivity contribution in [2.24, 2.45) is 0 Å². The predicted molar refractivity (Wildman–Crippen MR) is 51.6 cm³/mol. The molecule has 3 atom stereocenters. The fourth-order valence-corrected chi connectivity index (χ4v) is 18.9. The molecule has 6 N–H and O–H groups in total. The third kappa shape index (κ3) is 4.31. The Bertz CT molecular complexity index is 411. The topological polar surface area (TPSA) is 205 Å². The molecule has 0 aliphatic rings. The Morgan fingerprint density at radius 1 is 1.06 bits per heavy atom. The molecule has 96 valence electrons. The van der Waals surface area contributed by atoms with Crippen LogP contribution in [0.2, 0.25) is 0 Å². The SMILES string of the molecule is O=[P+]([O-])NP(P(=O)(O)O)P(=O)(O)P(=O)(O)O. The van der Waals surface area contributed by atoms with E-state index in [-0.39, 0.29) is 0 Å². The van der Waals surface area contributed by atoms with Gasteiger partial charge in [0.25, 0.3) is 0 Å². The molecule has 0 bridgehead atoms. The van der Waals surface area contributed by atoms with Gasteiger partial charge >= 0.3 is 29.5 Å². The smallest absolute Gasteiger partial charge is 0.413 e. The summed E-state index contributed by atoms with van der Waals surface area (Å²) in [5, 5.41) is 0. The molecule has 0 saturated heterocycles. The molecule has 0 aromatic heterocycles. The Morgan fingerprint density at radius 3 is 1.62 bits per heavy atom. The Balaban J connectivity index is 5.55. The molecule has 0 aromatic rings. The van der Waals surface area contributed by atoms with Gasteiger partial charge in [-0.1, -0.05) is 9.42 Å². The molecule has 0 spiro atoms. The molecule has 16 heteroatoms. The number of rotatable bonds is 5. The highest BCUT2D eigenvalue weighted by Gasteiger charge is 2.58. The van der Waals surface area contributed by atoms with Gasteiger partial charge in [0.05, 0.1) is 0 Å². The highest BCUT2D eigenvalue weighted by atomic mass is 32.7. The van der Waals surface area contributed by atoms with E-state index in [0.717, 1.165) is 4.86 Å². The normalized spacial score (nSPS) is 20.0. The summed E-state index contributed by atoms with van der Waals surface area (Å²) in [7, 11) is -18.8. The van der Waals surface area contributed by atoms with Crippen molar-refractivity contribution in [3.63, 3.8) is 0 Å². The van der Waals surface area contributed by atoms with E-state index in [4.69, 9.17) is 24.5 Å². The summed E-state index contributed by atoms with van der Waals surface area (Å²) < 4.78 is 42.5. The predicted octanol–water partition coefficient (Wildman–Crippen LogP) is -0.639. The van der Waals surface area contributed by atoms with Crippen LogP contribution < -0.4 is 9.75 Å². The van der Waals surface area contributed by atoms with E-state index in [0.29, 0.717) is 0 Å². The van der Waals surface area contributed by atoms with E-state index in [9.17, 15) is 23.2 Å². The minimum absolute atomic E-state index is 1.02. The average molecular weight is 335 g/mol. The van der Waals surface area contributed by atoms with Crippen molar-refractivity contribution in [3.05, 3.63) is 0 Å². The second-order valence-electron chi connectivity index (χ2n) is 2.19. The molecular weight excluding hydrogens is 329 g/mol. The van der Waals surface area contributed by atoms with Crippen LogP contribution in [-0.4, -0.2) is 24.5 Å². The van der Waals surface area contributed by atoms with Crippen LogP contribution in [0.4, 0.5) is 0 Å². The van der Waals surface area contributed by atoms with Gasteiger partial charge in [0, 0.05) is 0 Å². The highest BCUT2D eigenvalue weighted by Crippen LogP contribution is 3.00. The van der Waals surface area contributed by atoms with E-state index in [1.54, 1.807) is 0 Å². The molecule has 0 fully saturated rings. The first-order chi connectivity index (χ1) is 6.80. The van der Waals surface area contributed by atoms with Crippen molar-refractivity contribution in [1.29, 1.82) is 0 Å². The lowest BCUT2D eigenvalue weighted by molar-refractivity contribution is -0.165. The van der Waals surface area contributed by atoms with Crippen molar-refractivity contribution in [1.82, 2.24) is 4.86 Å². The summed E-state index contributed by atoms with van der Waals surface area (Å²) >= 11 is 0. The number of hydrogen-bond acceptors (Lipinski definition) is 5. The maximum absolute atomic E-state index is 11.1. The van der Waals surface area contributed by atoms with Crippen LogP contribution in [0.5, 0.6) is 0 Å². The van der Waals surface area contributed by atoms with Gasteiger partial charge in [-0.25, -0.2) is 4.57 Å². The van der Waals surface area contributed by atoms with Crippen molar-refractivity contribution >= 4 is 36.9 Å². The summed E-state index contributed by atoms with van der Waals surface area (Å²) in [4.78, 5) is 54.0. The van der Waals surface area contributed by atoms with Crippen LogP contribution in [0.3, 0.4) is 0 Å². The highest BCUT2D eigenvalue weighted by molar-refractivity contribution is 8.76. The molecule has 0 aliphatic heterocycles. The van der Waals surface area contributed by atoms with Crippen LogP contribution in [0.1, 0.15) is 0 Å². The Morgan fingerprint density at radius 2 is 1.44 bits per heavy atom. The van der Waals surface area contributed by atoms with E-state index < -0.39 is 36.9 Å². The molecule has 3 unspecified atom stereocenters. The molecule has 0 heterocycles. The molecule has 0 amide bonds. The van der Waals surface area contributed by atoms with E-state index >= 15 is 0 Å². The second kappa shape index (κ2) is 5.29. The van der Waals surface area contributed by atoms with Crippen LogP contribution in [0.15, 0.2) is 0 Å². The third-order valence-corrected chi connectivity index (χ3v) is 19.9. The monoisotopic (exact) mass is 335 g/mol. The molecule has 0 aromatic carbocycles. The quantitative estimate of drug-likeness (QED) is 0.348. The van der Waals surface area contributed by atoms with Gasteiger partial charge in [-0.3, -0.25) is 9.13 Å². The maximum atomic E-state index is 11.1. The van der Waals surface area contributed by atoms with Crippen molar-refractivity contribution in [2.45, 2.75) is 0 Å². The summed E-state index contributed by atoms with van der Waals surface area (Å²) in [6.45, 7) is -5.69. The first kappa shape index (κ1) is 16.9. The van der Waals surface area contributed by atoms with Crippen LogP contribution in [0, 0.1) is 0 Å². The molecule has 0 rings (SSSR count). The lowest BCUT2D eigenvalue weighted by Crippen LogP contribution is -2.04. The van der Waals surface area contributed by atoms with E-state index in [1.165, 1.54) is 0 Å². The average Bonchev–Trinajstić information content (AvgIpc) is 1.95. The minimum Gasteiger partial charge on any atom is -0.578 e. The van der Waals surface area contributed by atoms with Crippen LogP contribution in [-0.2, 0) is 18.3 Å². The Kier molecular flexibility index (Phi) is 5.60. The van der Waals surface area contributed by atoms with Crippen molar-refractivity contribution in [3.8, 4) is 0 Å². The summed E-state index contributed by atoms with van der Waals surface area (Å²) in [5.41, 5.74) is 0. The van der Waals surface area contributed by atoms with Gasteiger partial charge in [0.15, 0.2) is 0 Å². The fraction of sp³-hybridized carbons (Fsp3) is 0. The van der Waals surface area contributed by atoms with E-state index in [2.05, 4.69) is 0 Å². The minimum atomic E-state index is -5.76. The second-order valence-corrected chi connectivity index (χ2v) is 17.8. The molecular formula is H6NO10P5. The largest absolute Gasteiger partial charge is 0.578 e. The van der Waals surface area contributed by atoms with Gasteiger partial charge in [-0.05, 0) is 0 Å². The summed E-state index contributed by atoms with van der Waals surface area (Å²) in [5.74, 6) is 0. The molecule has 0 saturated carbocycles. The first-order valence-corrected chi connectivity index (χ1v) is 12.5. The number of hydrogen-bond donors (Lipinski definition) is 6. The lowest BCUT2D eigenvalue weighted by Gasteiger charge is -2.20. The maximum Gasteiger partial charge on any atom is 0.413 e. The van der Waals surface area contributed by atoms with Crippen LogP contribution >= 0.6 is 36.9 Å². The zero-order valence-electron chi connectivity index (χ0n) is 7.01. The first-order valence-electron chi connectivity index (χ1n) is 2.96. The molecule has 16 heavy (non-hydrogen) atoms. The Hall–Kier alpha value is 0.940. The zero-order valence-corrected chi connectivity index (χ0v) is 11.5. The van der Waals surface area contributed by atoms with Crippen LogP contribution in [0.25, 0.3) is 0 Å². The standard InChI is InChI=1S/H6NO10P5/c2-12(3)1-13(14(4,5)6)16(10,11)15(7,8)9/h(H,10,11)(H,1,2,3)(H2,4,5,6)(H2,7,8,9). The zero-order chi connectivity index (χ0) is 13.4. The van der Waals surface area contributed by atoms with E-state index in [1.807, 2.05) is 0 Å². The van der Waals surface area contributed by atoms with Gasteiger partial charge in [-0.15, -0.1) is 0 Å². The van der Waals surface area contributed by atoms with Gasteiger partial charge in [-0.2, -0.15) is 0 Å². The molecule has 11 nitrogen and oxygen atoms in total. The Labute approximate surface area is 90.1 Å². The summed E-state index contributed by atoms with van der Waals surface area (Å²) in [6.07, 6.45) is 0. The molecule has 0 radical (unpaired) electrons. The van der Waals surface area contributed by atoms with Gasteiger partial charge in [0.1, 0.15) is 0 Å². The van der Waals surface area contributed by atoms with Crippen molar-refractivity contribution < 1.29 is 47.6 Å². The fourth-order valence-electron chi connectivity index (χ4n) is 0.452. The lowest BCUT2D eigenvalue weighted by atomic mass is 13.9.